The first-order chi connectivity index (χ1) is 14.9. The Morgan fingerprint density at radius 3 is 2.97 bits per heavy atom. The number of fused-ring (bicyclic) bond motifs is 1. The number of likely N-dealkylation sites (tertiary alicyclic amines) is 1. The molecule has 8 nitrogen and oxygen atoms in total. The topological polar surface area (TPSA) is 94.2 Å². The first-order valence-corrected chi connectivity index (χ1v) is 10.9. The molecule has 0 bridgehead atoms. The average molecular weight is 448 g/mol. The molecule has 3 aliphatic heterocycles. The molecule has 1 aromatic heterocycles. The standard InChI is InChI=1S/C21H27ClFN7O/c1-12(2)28-21(31)30-6-4-3-5-14(30)9-25-20-17(23)11-27-19(29-20)16-10-26-18-15(16)7-13(22)8-24-18/h7-8,10-12,14,18,24,26H,3-6,9H2,1-2H3,(H,28,31)(H,25,27,29)/t14-,18?/m0/s1. The number of carbonyl (C=O) groups excluding carboxylic acids is 1. The van der Waals surface area contributed by atoms with Gasteiger partial charge in [0.15, 0.2) is 17.5 Å². The lowest BCUT2D eigenvalue weighted by molar-refractivity contribution is 0.153. The molecule has 1 saturated heterocycles. The van der Waals surface area contributed by atoms with E-state index in [9.17, 15) is 9.18 Å². The van der Waals surface area contributed by atoms with Crippen molar-refractivity contribution < 1.29 is 9.18 Å². The van der Waals surface area contributed by atoms with Gasteiger partial charge in [0.2, 0.25) is 0 Å². The Kier molecular flexibility index (Phi) is 6.31. The van der Waals surface area contributed by atoms with Crippen LogP contribution < -0.4 is 21.3 Å². The van der Waals surface area contributed by atoms with E-state index in [2.05, 4.69) is 31.2 Å². The molecule has 1 fully saturated rings. The molecular formula is C21H27ClFN7O. The van der Waals surface area contributed by atoms with Crippen molar-refractivity contribution in [2.24, 2.45) is 0 Å². The lowest BCUT2D eigenvalue weighted by Gasteiger charge is -2.36. The average Bonchev–Trinajstić information content (AvgIpc) is 3.16. The van der Waals surface area contributed by atoms with Crippen molar-refractivity contribution in [2.45, 2.75) is 51.4 Å². The summed E-state index contributed by atoms with van der Waals surface area (Å²) in [6.45, 7) is 4.98. The first kappa shape index (κ1) is 21.4. The number of carbonyl (C=O) groups is 1. The Hall–Kier alpha value is -2.81. The molecule has 4 rings (SSSR count). The van der Waals surface area contributed by atoms with Gasteiger partial charge in [-0.05, 0) is 39.2 Å². The number of anilines is 1. The number of piperidine rings is 1. The van der Waals surface area contributed by atoms with Crippen LogP contribution in [0.1, 0.15) is 38.9 Å². The van der Waals surface area contributed by atoms with Gasteiger partial charge in [-0.25, -0.2) is 19.2 Å². The van der Waals surface area contributed by atoms with Crippen molar-refractivity contribution in [1.82, 2.24) is 30.8 Å². The first-order valence-electron chi connectivity index (χ1n) is 10.6. The second kappa shape index (κ2) is 9.13. The van der Waals surface area contributed by atoms with E-state index < -0.39 is 5.82 Å². The fourth-order valence-corrected chi connectivity index (χ4v) is 4.17. The molecule has 3 aliphatic rings. The molecule has 10 heteroatoms. The van der Waals surface area contributed by atoms with Gasteiger partial charge in [-0.15, -0.1) is 0 Å². The highest BCUT2D eigenvalue weighted by Gasteiger charge is 2.29. The van der Waals surface area contributed by atoms with Crippen molar-refractivity contribution in [3.05, 3.63) is 46.9 Å². The van der Waals surface area contributed by atoms with Gasteiger partial charge >= 0.3 is 6.03 Å². The molecule has 1 aromatic rings. The number of urea groups is 1. The molecule has 31 heavy (non-hydrogen) atoms. The predicted molar refractivity (Wildman–Crippen MR) is 119 cm³/mol. The van der Waals surface area contributed by atoms with E-state index in [1.807, 2.05) is 24.8 Å². The van der Waals surface area contributed by atoms with Crippen molar-refractivity contribution in [2.75, 3.05) is 18.4 Å². The molecule has 166 valence electrons. The largest absolute Gasteiger partial charge is 0.367 e. The summed E-state index contributed by atoms with van der Waals surface area (Å²) < 4.78 is 14.5. The Labute approximate surface area is 186 Å². The Morgan fingerprint density at radius 1 is 1.35 bits per heavy atom. The number of amides is 2. The maximum Gasteiger partial charge on any atom is 0.317 e. The summed E-state index contributed by atoms with van der Waals surface area (Å²) in [5.41, 5.74) is 1.65. The molecule has 2 atom stereocenters. The maximum absolute atomic E-state index is 14.5. The SMILES string of the molecule is CC(C)NC(=O)N1CCCC[C@H]1CNc1nc(C2=CNC3NC=C(Cl)C=C23)ncc1F. The molecular weight excluding hydrogens is 421 g/mol. The van der Waals surface area contributed by atoms with Crippen LogP contribution in [0.4, 0.5) is 15.0 Å². The Balaban J connectivity index is 1.48. The fraction of sp³-hybridized carbons (Fsp3) is 0.476. The highest BCUT2D eigenvalue weighted by atomic mass is 35.5. The second-order valence-corrected chi connectivity index (χ2v) is 8.61. The van der Waals surface area contributed by atoms with Crippen LogP contribution in [0.5, 0.6) is 0 Å². The molecule has 0 saturated carbocycles. The number of nitrogens with zero attached hydrogens (tertiary/aromatic N) is 3. The van der Waals surface area contributed by atoms with Crippen molar-refractivity contribution >= 4 is 29.0 Å². The van der Waals surface area contributed by atoms with E-state index >= 15 is 0 Å². The van der Waals surface area contributed by atoms with Crippen LogP contribution in [0, 0.1) is 5.82 Å². The number of aromatic nitrogens is 2. The predicted octanol–water partition coefficient (Wildman–Crippen LogP) is 2.88. The number of halogens is 2. The summed E-state index contributed by atoms with van der Waals surface area (Å²) >= 11 is 6.12. The zero-order valence-corrected chi connectivity index (χ0v) is 18.3. The molecule has 0 aromatic carbocycles. The summed E-state index contributed by atoms with van der Waals surface area (Å²) in [5.74, 6) is -0.0129. The van der Waals surface area contributed by atoms with E-state index in [1.165, 1.54) is 0 Å². The van der Waals surface area contributed by atoms with E-state index in [1.54, 1.807) is 12.4 Å². The summed E-state index contributed by atoms with van der Waals surface area (Å²) in [6, 6.07) is -0.0505. The maximum atomic E-state index is 14.5. The van der Waals surface area contributed by atoms with Gasteiger partial charge in [-0.1, -0.05) is 11.6 Å². The third-order valence-electron chi connectivity index (χ3n) is 5.49. The smallest absolute Gasteiger partial charge is 0.317 e. The Morgan fingerprint density at radius 2 is 2.16 bits per heavy atom. The summed E-state index contributed by atoms with van der Waals surface area (Å²) in [4.78, 5) is 22.9. The quantitative estimate of drug-likeness (QED) is 0.554. The lowest BCUT2D eigenvalue weighted by Crippen LogP contribution is -2.52. The third kappa shape index (κ3) is 4.76. The molecule has 0 aliphatic carbocycles. The minimum Gasteiger partial charge on any atom is -0.367 e. The van der Waals surface area contributed by atoms with Gasteiger partial charge in [-0.2, -0.15) is 0 Å². The van der Waals surface area contributed by atoms with Gasteiger partial charge < -0.3 is 26.2 Å². The normalized spacial score (nSPS) is 22.6. The van der Waals surface area contributed by atoms with Gasteiger partial charge in [0.05, 0.1) is 17.3 Å². The molecule has 2 amide bonds. The second-order valence-electron chi connectivity index (χ2n) is 8.17. The number of hydrogen-bond acceptors (Lipinski definition) is 6. The van der Waals surface area contributed by atoms with Crippen molar-refractivity contribution in [3.63, 3.8) is 0 Å². The van der Waals surface area contributed by atoms with Crippen LogP contribution in [0.2, 0.25) is 0 Å². The lowest BCUT2D eigenvalue weighted by atomic mass is 10.0. The highest BCUT2D eigenvalue weighted by Crippen LogP contribution is 2.31. The molecule has 4 N–H and O–H groups in total. The van der Waals surface area contributed by atoms with Crippen LogP contribution in [0.15, 0.2) is 35.3 Å². The van der Waals surface area contributed by atoms with Gasteiger partial charge in [0.25, 0.3) is 0 Å². The van der Waals surface area contributed by atoms with E-state index in [0.717, 1.165) is 36.6 Å². The molecule has 0 spiro atoms. The van der Waals surface area contributed by atoms with Gasteiger partial charge in [0, 0.05) is 42.7 Å². The summed E-state index contributed by atoms with van der Waals surface area (Å²) in [6.07, 6.45) is 9.25. The van der Waals surface area contributed by atoms with E-state index in [-0.39, 0.29) is 30.1 Å². The highest BCUT2D eigenvalue weighted by molar-refractivity contribution is 6.31. The van der Waals surface area contributed by atoms with Crippen LogP contribution in [0.3, 0.4) is 0 Å². The van der Waals surface area contributed by atoms with Gasteiger partial charge in [-0.3, -0.25) is 0 Å². The van der Waals surface area contributed by atoms with Crippen LogP contribution >= 0.6 is 11.6 Å². The van der Waals surface area contributed by atoms with E-state index in [4.69, 9.17) is 11.6 Å². The Bertz CT molecular complexity index is 946. The summed E-state index contributed by atoms with van der Waals surface area (Å²) in [7, 11) is 0. The zero-order valence-electron chi connectivity index (χ0n) is 17.6. The minimum atomic E-state index is -0.533. The third-order valence-corrected chi connectivity index (χ3v) is 5.71. The van der Waals surface area contributed by atoms with Crippen molar-refractivity contribution in [1.29, 1.82) is 0 Å². The van der Waals surface area contributed by atoms with E-state index in [0.29, 0.717) is 23.9 Å². The number of hydrogen-bond donors (Lipinski definition) is 4. The van der Waals surface area contributed by atoms with Crippen molar-refractivity contribution in [3.8, 4) is 0 Å². The molecule has 0 radical (unpaired) electrons. The van der Waals surface area contributed by atoms with Crippen LogP contribution in [-0.4, -0.2) is 52.2 Å². The molecule has 4 heterocycles. The van der Waals surface area contributed by atoms with Gasteiger partial charge in [0.1, 0.15) is 6.17 Å². The molecule has 1 unspecified atom stereocenters. The monoisotopic (exact) mass is 447 g/mol. The zero-order chi connectivity index (χ0) is 22.0. The number of rotatable bonds is 5. The minimum absolute atomic E-state index is 0.0312. The number of dihydropyridines is 1. The number of allylic oxidation sites excluding steroid dienone is 2. The summed E-state index contributed by atoms with van der Waals surface area (Å²) in [5, 5.41) is 12.9. The number of nitrogens with one attached hydrogen (secondary N) is 4. The fourth-order valence-electron chi connectivity index (χ4n) is 3.99. The van der Waals surface area contributed by atoms with Crippen LogP contribution in [-0.2, 0) is 0 Å². The van der Waals surface area contributed by atoms with Crippen LogP contribution in [0.25, 0.3) is 5.57 Å².